The first-order valence-electron chi connectivity index (χ1n) is 9.29. The average Bonchev–Trinajstić information content (AvgIpc) is 3.04. The number of Topliss-reactive ketones (excluding diaryl/α,β-unsaturated/α-hetero) is 1. The number of halogens is 1. The van der Waals surface area contributed by atoms with Crippen molar-refractivity contribution in [2.45, 2.75) is 10.9 Å². The van der Waals surface area contributed by atoms with Crippen LogP contribution >= 0.6 is 15.9 Å². The number of pyridine rings is 1. The van der Waals surface area contributed by atoms with E-state index in [0.717, 1.165) is 4.47 Å². The summed E-state index contributed by atoms with van der Waals surface area (Å²) in [5, 5.41) is 16.1. The lowest BCUT2D eigenvalue weighted by molar-refractivity contribution is -0.132. The number of rotatable bonds is 4. The molecule has 1 unspecified atom stereocenters. The maximum atomic E-state index is 13.0. The molecular weight excluding hydrogens is 498 g/mol. The maximum absolute atomic E-state index is 13.0. The number of aromatic nitrogens is 1. The molecule has 1 aliphatic rings. The Bertz CT molecular complexity index is 1340. The highest BCUT2D eigenvalue weighted by Crippen LogP contribution is 2.41. The fraction of sp³-hybridized carbons (Fsp3) is 0.0455. The van der Waals surface area contributed by atoms with Gasteiger partial charge in [-0.3, -0.25) is 19.5 Å². The van der Waals surface area contributed by atoms with Gasteiger partial charge < -0.3 is 5.11 Å². The summed E-state index contributed by atoms with van der Waals surface area (Å²) >= 11 is 3.32. The summed E-state index contributed by atoms with van der Waals surface area (Å²) in [6, 6.07) is 15.9. The number of aliphatic hydroxyl groups excluding tert-OH is 1. The molecule has 3 aromatic rings. The van der Waals surface area contributed by atoms with Gasteiger partial charge in [0.15, 0.2) is 0 Å². The van der Waals surface area contributed by atoms with Gasteiger partial charge in [-0.05, 0) is 48.5 Å². The molecule has 1 amide bonds. The van der Waals surface area contributed by atoms with Gasteiger partial charge in [-0.15, -0.1) is 0 Å². The fourth-order valence-corrected chi connectivity index (χ4v) is 4.26. The van der Waals surface area contributed by atoms with Crippen molar-refractivity contribution in [2.24, 2.45) is 5.14 Å². The highest BCUT2D eigenvalue weighted by atomic mass is 79.9. The van der Waals surface area contributed by atoms with Crippen LogP contribution in [0.3, 0.4) is 0 Å². The highest BCUT2D eigenvalue weighted by Gasteiger charge is 2.47. The molecule has 10 heteroatoms. The van der Waals surface area contributed by atoms with Gasteiger partial charge in [0.25, 0.3) is 11.7 Å². The molecule has 4 rings (SSSR count). The summed E-state index contributed by atoms with van der Waals surface area (Å²) in [7, 11) is -3.93. The van der Waals surface area contributed by atoms with E-state index in [4.69, 9.17) is 5.14 Å². The molecule has 1 fully saturated rings. The Morgan fingerprint density at radius 3 is 2.22 bits per heavy atom. The lowest BCUT2D eigenvalue weighted by Crippen LogP contribution is -2.29. The van der Waals surface area contributed by atoms with Crippen LogP contribution < -0.4 is 10.0 Å². The zero-order chi connectivity index (χ0) is 23.0. The third-order valence-electron chi connectivity index (χ3n) is 4.97. The summed E-state index contributed by atoms with van der Waals surface area (Å²) in [5.74, 6) is -2.09. The normalized spacial score (nSPS) is 18.2. The molecule has 0 spiro atoms. The Morgan fingerprint density at radius 2 is 1.66 bits per heavy atom. The number of aliphatic hydroxyl groups is 1. The number of hydrogen-bond acceptors (Lipinski definition) is 6. The van der Waals surface area contributed by atoms with Crippen LogP contribution in [0.4, 0.5) is 5.69 Å². The van der Waals surface area contributed by atoms with Gasteiger partial charge in [-0.2, -0.15) is 0 Å². The summed E-state index contributed by atoms with van der Waals surface area (Å²) in [4.78, 5) is 31.4. The van der Waals surface area contributed by atoms with E-state index in [1.165, 1.54) is 35.4 Å². The number of nitrogens with zero attached hydrogens (tertiary/aromatic N) is 2. The van der Waals surface area contributed by atoms with Crippen LogP contribution in [0.5, 0.6) is 0 Å². The van der Waals surface area contributed by atoms with Gasteiger partial charge in [-0.1, -0.05) is 34.1 Å². The molecule has 2 heterocycles. The first-order chi connectivity index (χ1) is 15.2. The summed E-state index contributed by atoms with van der Waals surface area (Å²) < 4.78 is 23.9. The number of sulfonamides is 1. The molecule has 2 aromatic carbocycles. The van der Waals surface area contributed by atoms with E-state index in [2.05, 4.69) is 20.9 Å². The van der Waals surface area contributed by atoms with Crippen molar-refractivity contribution in [3.8, 4) is 0 Å². The van der Waals surface area contributed by atoms with Crippen molar-refractivity contribution >= 4 is 49.1 Å². The Labute approximate surface area is 192 Å². The van der Waals surface area contributed by atoms with Crippen LogP contribution in [0.1, 0.15) is 17.3 Å². The number of ketones is 1. The molecule has 3 N–H and O–H groups in total. The number of nitrogens with two attached hydrogens (primary N) is 1. The van der Waals surface area contributed by atoms with E-state index >= 15 is 0 Å². The number of hydrogen-bond donors (Lipinski definition) is 2. The van der Waals surface area contributed by atoms with Crippen molar-refractivity contribution in [3.63, 3.8) is 0 Å². The average molecular weight is 514 g/mol. The predicted molar refractivity (Wildman–Crippen MR) is 121 cm³/mol. The number of benzene rings is 2. The van der Waals surface area contributed by atoms with E-state index in [1.807, 2.05) is 0 Å². The maximum Gasteiger partial charge on any atom is 0.300 e. The molecule has 32 heavy (non-hydrogen) atoms. The molecule has 1 atom stereocenters. The number of carbonyl (C=O) groups is 2. The molecule has 0 aliphatic carbocycles. The van der Waals surface area contributed by atoms with Crippen LogP contribution in [0.25, 0.3) is 5.76 Å². The summed E-state index contributed by atoms with van der Waals surface area (Å²) in [6.45, 7) is 0. The third-order valence-corrected chi connectivity index (χ3v) is 6.43. The van der Waals surface area contributed by atoms with Crippen LogP contribution in [0.15, 0.2) is 87.9 Å². The molecule has 0 saturated carbocycles. The van der Waals surface area contributed by atoms with Crippen molar-refractivity contribution in [3.05, 3.63) is 94.2 Å². The van der Waals surface area contributed by atoms with Gasteiger partial charge in [0.05, 0.1) is 16.2 Å². The zero-order valence-corrected chi connectivity index (χ0v) is 18.7. The summed E-state index contributed by atoms with van der Waals surface area (Å²) in [5.41, 5.74) is 0.856. The van der Waals surface area contributed by atoms with E-state index < -0.39 is 27.8 Å². The quantitative estimate of drug-likeness (QED) is 0.313. The Morgan fingerprint density at radius 1 is 1.00 bits per heavy atom. The number of anilines is 1. The lowest BCUT2D eigenvalue weighted by atomic mass is 9.98. The molecule has 1 aliphatic heterocycles. The lowest BCUT2D eigenvalue weighted by Gasteiger charge is -2.24. The molecular formula is C22H16BrN3O5S. The smallest absolute Gasteiger partial charge is 0.300 e. The predicted octanol–water partition coefficient (Wildman–Crippen LogP) is 3.12. The molecule has 0 radical (unpaired) electrons. The second-order valence-electron chi connectivity index (χ2n) is 6.97. The number of primary sulfonamides is 1. The van der Waals surface area contributed by atoms with Crippen molar-refractivity contribution in [2.75, 3.05) is 4.90 Å². The van der Waals surface area contributed by atoms with Gasteiger partial charge in [-0.25, -0.2) is 13.6 Å². The minimum atomic E-state index is -3.93. The van der Waals surface area contributed by atoms with Crippen LogP contribution in [-0.4, -0.2) is 30.2 Å². The molecule has 1 saturated heterocycles. The SMILES string of the molecule is NS(=O)(=O)c1ccc(N2C(=O)C(=O)/C(=C(/O)c3ccc(Br)cc3)C2c2ccccn2)cc1. The molecule has 8 nitrogen and oxygen atoms in total. The van der Waals surface area contributed by atoms with Gasteiger partial charge in [0.1, 0.15) is 11.8 Å². The van der Waals surface area contributed by atoms with E-state index in [9.17, 15) is 23.1 Å². The molecule has 162 valence electrons. The fourth-order valence-electron chi connectivity index (χ4n) is 3.48. The van der Waals surface area contributed by atoms with Crippen LogP contribution in [-0.2, 0) is 19.6 Å². The largest absolute Gasteiger partial charge is 0.507 e. The summed E-state index contributed by atoms with van der Waals surface area (Å²) in [6.07, 6.45) is 1.51. The van der Waals surface area contributed by atoms with E-state index in [0.29, 0.717) is 11.3 Å². The van der Waals surface area contributed by atoms with Gasteiger partial charge in [0, 0.05) is 21.9 Å². The van der Waals surface area contributed by atoms with Crippen molar-refractivity contribution in [1.29, 1.82) is 0 Å². The number of amides is 1. The Balaban J connectivity index is 1.90. The van der Waals surface area contributed by atoms with E-state index in [-0.39, 0.29) is 21.9 Å². The minimum Gasteiger partial charge on any atom is -0.507 e. The van der Waals surface area contributed by atoms with Crippen LogP contribution in [0.2, 0.25) is 0 Å². The van der Waals surface area contributed by atoms with E-state index in [1.54, 1.807) is 42.5 Å². The van der Waals surface area contributed by atoms with Crippen molar-refractivity contribution in [1.82, 2.24) is 4.98 Å². The standard InChI is InChI=1S/C22H16BrN3O5S/c23-14-6-4-13(5-7-14)20(27)18-19(17-3-1-2-12-25-17)26(22(29)21(18)28)15-8-10-16(11-9-15)32(24,30)31/h1-12,19,27H,(H2,24,30,31)/b20-18+. The first-order valence-corrected chi connectivity index (χ1v) is 11.6. The zero-order valence-electron chi connectivity index (χ0n) is 16.3. The number of carbonyl (C=O) groups excluding carboxylic acids is 2. The topological polar surface area (TPSA) is 131 Å². The second kappa shape index (κ2) is 8.30. The minimum absolute atomic E-state index is 0.119. The highest BCUT2D eigenvalue weighted by molar-refractivity contribution is 9.10. The Hall–Kier alpha value is -3.34. The van der Waals surface area contributed by atoms with Crippen molar-refractivity contribution < 1.29 is 23.1 Å². The first kappa shape index (κ1) is 21.9. The third kappa shape index (κ3) is 3.95. The van der Waals surface area contributed by atoms with Gasteiger partial charge >= 0.3 is 0 Å². The van der Waals surface area contributed by atoms with Crippen LogP contribution in [0, 0.1) is 0 Å². The monoisotopic (exact) mass is 513 g/mol. The van der Waals surface area contributed by atoms with Gasteiger partial charge in [0.2, 0.25) is 10.0 Å². The molecule has 0 bridgehead atoms. The molecule has 1 aromatic heterocycles. The second-order valence-corrected chi connectivity index (χ2v) is 9.45. The Kier molecular flexibility index (Phi) is 5.68.